The van der Waals surface area contributed by atoms with Gasteiger partial charge in [-0.3, -0.25) is 9.69 Å². The molecule has 30 heavy (non-hydrogen) atoms. The fourth-order valence-corrected chi connectivity index (χ4v) is 3.97. The molecule has 0 bridgehead atoms. The molecule has 1 heterocycles. The van der Waals surface area contributed by atoms with Gasteiger partial charge >= 0.3 is 0 Å². The molecule has 2 aromatic rings. The van der Waals surface area contributed by atoms with Crippen LogP contribution < -0.4 is 14.8 Å². The van der Waals surface area contributed by atoms with Gasteiger partial charge in [0.1, 0.15) is 11.5 Å². The SMILES string of the molecule is CCCOc1ccccc1C(=O)NCC(c1ccc(OC)cc1)N1CCCCCC1. The molecule has 1 amide bonds. The van der Waals surface area contributed by atoms with E-state index in [0.29, 0.717) is 24.5 Å². The Labute approximate surface area is 180 Å². The number of nitrogens with one attached hydrogen (secondary N) is 1. The second-order valence-electron chi connectivity index (χ2n) is 7.79. The van der Waals surface area contributed by atoms with Crippen LogP contribution in [0, 0.1) is 0 Å². The van der Waals surface area contributed by atoms with Crippen molar-refractivity contribution >= 4 is 5.91 Å². The Balaban J connectivity index is 1.75. The molecular formula is C25H34N2O3. The van der Waals surface area contributed by atoms with Crippen LogP contribution >= 0.6 is 0 Å². The fourth-order valence-electron chi connectivity index (χ4n) is 3.97. The van der Waals surface area contributed by atoms with Crippen LogP contribution in [0.3, 0.4) is 0 Å². The second kappa shape index (κ2) is 11.6. The van der Waals surface area contributed by atoms with E-state index < -0.39 is 0 Å². The highest BCUT2D eigenvalue weighted by molar-refractivity contribution is 5.96. The summed E-state index contributed by atoms with van der Waals surface area (Å²) in [5.41, 5.74) is 1.80. The third kappa shape index (κ3) is 5.99. The minimum absolute atomic E-state index is 0.0879. The van der Waals surface area contributed by atoms with Crippen LogP contribution in [0.25, 0.3) is 0 Å². The number of amides is 1. The second-order valence-corrected chi connectivity index (χ2v) is 7.79. The predicted octanol–water partition coefficient (Wildman–Crippen LogP) is 4.83. The standard InChI is InChI=1S/C25H34N2O3/c1-3-18-30-24-11-7-6-10-22(24)25(28)26-19-23(27-16-8-4-5-9-17-27)20-12-14-21(29-2)15-13-20/h6-7,10-15,23H,3-5,8-9,16-19H2,1-2H3,(H,26,28). The highest BCUT2D eigenvalue weighted by Gasteiger charge is 2.23. The van der Waals surface area contributed by atoms with Crippen LogP contribution in [-0.2, 0) is 0 Å². The Kier molecular flexibility index (Phi) is 8.57. The molecule has 0 aliphatic carbocycles. The van der Waals surface area contributed by atoms with Gasteiger partial charge < -0.3 is 14.8 Å². The van der Waals surface area contributed by atoms with E-state index >= 15 is 0 Å². The van der Waals surface area contributed by atoms with Gasteiger partial charge in [-0.15, -0.1) is 0 Å². The van der Waals surface area contributed by atoms with E-state index in [0.717, 1.165) is 25.3 Å². The number of hydrogen-bond acceptors (Lipinski definition) is 4. The lowest BCUT2D eigenvalue weighted by Gasteiger charge is -2.31. The van der Waals surface area contributed by atoms with E-state index in [2.05, 4.69) is 29.3 Å². The van der Waals surface area contributed by atoms with Crippen LogP contribution in [0.1, 0.15) is 61.0 Å². The van der Waals surface area contributed by atoms with Gasteiger partial charge in [-0.25, -0.2) is 0 Å². The highest BCUT2D eigenvalue weighted by atomic mass is 16.5. The predicted molar refractivity (Wildman–Crippen MR) is 120 cm³/mol. The molecule has 162 valence electrons. The Morgan fingerprint density at radius 3 is 2.40 bits per heavy atom. The molecule has 1 N–H and O–H groups in total. The van der Waals surface area contributed by atoms with Crippen LogP contribution in [0.5, 0.6) is 11.5 Å². The quantitative estimate of drug-likeness (QED) is 0.643. The summed E-state index contributed by atoms with van der Waals surface area (Å²) in [6.45, 7) is 5.34. The molecule has 1 fully saturated rings. The minimum Gasteiger partial charge on any atom is -0.497 e. The number of nitrogens with zero attached hydrogens (tertiary/aromatic N) is 1. The van der Waals surface area contributed by atoms with E-state index in [-0.39, 0.29) is 11.9 Å². The first-order chi connectivity index (χ1) is 14.7. The van der Waals surface area contributed by atoms with Crippen molar-refractivity contribution in [3.05, 3.63) is 59.7 Å². The molecule has 0 radical (unpaired) electrons. The smallest absolute Gasteiger partial charge is 0.255 e. The van der Waals surface area contributed by atoms with E-state index in [4.69, 9.17) is 9.47 Å². The Bertz CT molecular complexity index is 783. The summed E-state index contributed by atoms with van der Waals surface area (Å²) in [5.74, 6) is 1.40. The number of para-hydroxylation sites is 1. The van der Waals surface area contributed by atoms with Crippen molar-refractivity contribution in [1.29, 1.82) is 0 Å². The largest absolute Gasteiger partial charge is 0.497 e. The molecule has 5 heteroatoms. The molecular weight excluding hydrogens is 376 g/mol. The molecule has 3 rings (SSSR count). The van der Waals surface area contributed by atoms with Gasteiger partial charge in [0.15, 0.2) is 0 Å². The molecule has 2 aromatic carbocycles. The first kappa shape index (κ1) is 22.2. The van der Waals surface area contributed by atoms with Crippen molar-refractivity contribution in [2.75, 3.05) is 33.4 Å². The van der Waals surface area contributed by atoms with Crippen LogP contribution in [0.4, 0.5) is 0 Å². The monoisotopic (exact) mass is 410 g/mol. The molecule has 1 atom stereocenters. The maximum absolute atomic E-state index is 13.0. The Hall–Kier alpha value is -2.53. The molecule has 1 unspecified atom stereocenters. The zero-order valence-electron chi connectivity index (χ0n) is 18.2. The summed E-state index contributed by atoms with van der Waals surface area (Å²) in [4.78, 5) is 15.5. The summed E-state index contributed by atoms with van der Waals surface area (Å²) in [6, 6.07) is 15.8. The molecule has 0 aromatic heterocycles. The number of hydrogen-bond donors (Lipinski definition) is 1. The number of ether oxygens (including phenoxy) is 2. The number of benzene rings is 2. The average molecular weight is 411 g/mol. The molecule has 5 nitrogen and oxygen atoms in total. The summed E-state index contributed by atoms with van der Waals surface area (Å²) >= 11 is 0. The topological polar surface area (TPSA) is 50.8 Å². The van der Waals surface area contributed by atoms with Crippen molar-refractivity contribution in [3.8, 4) is 11.5 Å². The lowest BCUT2D eigenvalue weighted by Crippen LogP contribution is -2.38. The summed E-state index contributed by atoms with van der Waals surface area (Å²) < 4.78 is 11.1. The maximum atomic E-state index is 13.0. The van der Waals surface area contributed by atoms with Crippen molar-refractivity contribution in [2.24, 2.45) is 0 Å². The number of methoxy groups -OCH3 is 1. The number of rotatable bonds is 9. The zero-order chi connectivity index (χ0) is 21.2. The van der Waals surface area contributed by atoms with E-state index in [9.17, 15) is 4.79 Å². The van der Waals surface area contributed by atoms with Gasteiger partial charge in [0, 0.05) is 6.54 Å². The van der Waals surface area contributed by atoms with Gasteiger partial charge in [-0.1, -0.05) is 44.0 Å². The van der Waals surface area contributed by atoms with Gasteiger partial charge in [0.05, 0.1) is 25.3 Å². The van der Waals surface area contributed by atoms with Crippen molar-refractivity contribution < 1.29 is 14.3 Å². The van der Waals surface area contributed by atoms with Crippen molar-refractivity contribution in [1.82, 2.24) is 10.2 Å². The zero-order valence-corrected chi connectivity index (χ0v) is 18.2. The van der Waals surface area contributed by atoms with Crippen molar-refractivity contribution in [3.63, 3.8) is 0 Å². The fraction of sp³-hybridized carbons (Fsp3) is 0.480. The van der Waals surface area contributed by atoms with Crippen LogP contribution in [-0.4, -0.2) is 44.2 Å². The van der Waals surface area contributed by atoms with Gasteiger partial charge in [0.25, 0.3) is 5.91 Å². The van der Waals surface area contributed by atoms with Crippen molar-refractivity contribution in [2.45, 2.75) is 45.1 Å². The summed E-state index contributed by atoms with van der Waals surface area (Å²) in [5, 5.41) is 3.17. The van der Waals surface area contributed by atoms with Crippen LogP contribution in [0.2, 0.25) is 0 Å². The Morgan fingerprint density at radius 1 is 1.03 bits per heavy atom. The number of likely N-dealkylation sites (tertiary alicyclic amines) is 1. The third-order valence-electron chi connectivity index (χ3n) is 5.63. The maximum Gasteiger partial charge on any atom is 0.255 e. The van der Waals surface area contributed by atoms with Gasteiger partial charge in [0.2, 0.25) is 0 Å². The summed E-state index contributed by atoms with van der Waals surface area (Å²) in [7, 11) is 1.68. The highest BCUT2D eigenvalue weighted by Crippen LogP contribution is 2.26. The molecule has 1 aliphatic heterocycles. The van der Waals surface area contributed by atoms with Gasteiger partial charge in [-0.05, 0) is 62.2 Å². The Morgan fingerprint density at radius 2 is 1.73 bits per heavy atom. The third-order valence-corrected chi connectivity index (χ3v) is 5.63. The lowest BCUT2D eigenvalue weighted by atomic mass is 10.0. The summed E-state index contributed by atoms with van der Waals surface area (Å²) in [6.07, 6.45) is 5.87. The minimum atomic E-state index is -0.0879. The normalized spacial score (nSPS) is 15.8. The number of carbonyl (C=O) groups is 1. The average Bonchev–Trinajstić information content (AvgIpc) is 3.08. The molecule has 1 saturated heterocycles. The van der Waals surface area contributed by atoms with Crippen LogP contribution in [0.15, 0.2) is 48.5 Å². The lowest BCUT2D eigenvalue weighted by molar-refractivity contribution is 0.0929. The van der Waals surface area contributed by atoms with Gasteiger partial charge in [-0.2, -0.15) is 0 Å². The first-order valence-corrected chi connectivity index (χ1v) is 11.1. The first-order valence-electron chi connectivity index (χ1n) is 11.1. The molecule has 0 saturated carbocycles. The molecule has 0 spiro atoms. The van der Waals surface area contributed by atoms with E-state index in [1.54, 1.807) is 7.11 Å². The van der Waals surface area contributed by atoms with E-state index in [1.165, 1.54) is 31.2 Å². The molecule has 1 aliphatic rings. The van der Waals surface area contributed by atoms with E-state index in [1.807, 2.05) is 36.4 Å². The number of carbonyl (C=O) groups excluding carboxylic acids is 1.